The van der Waals surface area contributed by atoms with E-state index in [1.54, 1.807) is 10.6 Å². The van der Waals surface area contributed by atoms with Gasteiger partial charge in [-0.1, -0.05) is 37.2 Å². The zero-order valence-corrected chi connectivity index (χ0v) is 18.4. The fraction of sp³-hybridized carbons (Fsp3) is 0.348. The molecule has 2 aromatic carbocycles. The number of ether oxygens (including phenoxy) is 1. The third-order valence-electron chi connectivity index (χ3n) is 4.61. The highest BCUT2D eigenvalue weighted by Gasteiger charge is 2.15. The molecule has 6 nitrogen and oxygen atoms in total. The van der Waals surface area contributed by atoms with Gasteiger partial charge in [-0.2, -0.15) is 0 Å². The molecule has 7 heteroatoms. The van der Waals surface area contributed by atoms with Crippen molar-refractivity contribution in [2.24, 2.45) is 0 Å². The Kier molecular flexibility index (Phi) is 7.52. The Morgan fingerprint density at radius 1 is 1.17 bits per heavy atom. The van der Waals surface area contributed by atoms with Crippen LogP contribution in [0.25, 0.3) is 16.6 Å². The van der Waals surface area contributed by atoms with E-state index in [1.807, 2.05) is 56.3 Å². The molecular weight excluding hydrogens is 398 g/mol. The van der Waals surface area contributed by atoms with E-state index in [0.717, 1.165) is 18.6 Å². The van der Waals surface area contributed by atoms with E-state index in [1.165, 1.54) is 11.8 Å². The second-order valence-electron chi connectivity index (χ2n) is 7.02. The third-order valence-corrected chi connectivity index (χ3v) is 5.55. The van der Waals surface area contributed by atoms with Gasteiger partial charge in [-0.3, -0.25) is 14.2 Å². The molecule has 0 aliphatic heterocycles. The molecule has 0 radical (unpaired) electrons. The summed E-state index contributed by atoms with van der Waals surface area (Å²) in [6, 6.07) is 14.7. The first-order chi connectivity index (χ1) is 14.5. The van der Waals surface area contributed by atoms with Crippen molar-refractivity contribution in [3.05, 3.63) is 58.9 Å². The van der Waals surface area contributed by atoms with Crippen LogP contribution < -0.4 is 15.6 Å². The van der Waals surface area contributed by atoms with E-state index in [9.17, 15) is 9.59 Å². The van der Waals surface area contributed by atoms with Gasteiger partial charge in [0, 0.05) is 6.04 Å². The molecule has 158 valence electrons. The quantitative estimate of drug-likeness (QED) is 0.411. The van der Waals surface area contributed by atoms with Gasteiger partial charge in [-0.05, 0) is 56.7 Å². The number of para-hydroxylation sites is 1. The number of aromatic nitrogens is 2. The van der Waals surface area contributed by atoms with Crippen LogP contribution in [0.3, 0.4) is 0 Å². The predicted molar refractivity (Wildman–Crippen MR) is 122 cm³/mol. The topological polar surface area (TPSA) is 73.2 Å². The number of nitrogens with zero attached hydrogens (tertiary/aromatic N) is 2. The molecule has 0 aliphatic rings. The van der Waals surface area contributed by atoms with Gasteiger partial charge >= 0.3 is 0 Å². The second kappa shape index (κ2) is 10.3. The Labute approximate surface area is 180 Å². The van der Waals surface area contributed by atoms with Crippen molar-refractivity contribution in [1.82, 2.24) is 14.9 Å². The molecule has 1 atom stereocenters. The number of nitrogens with one attached hydrogen (secondary N) is 1. The summed E-state index contributed by atoms with van der Waals surface area (Å²) in [4.78, 5) is 30.3. The first-order valence-electron chi connectivity index (χ1n) is 10.2. The van der Waals surface area contributed by atoms with Gasteiger partial charge in [0.15, 0.2) is 5.16 Å². The van der Waals surface area contributed by atoms with Crippen molar-refractivity contribution in [3.63, 3.8) is 0 Å². The van der Waals surface area contributed by atoms with E-state index >= 15 is 0 Å². The summed E-state index contributed by atoms with van der Waals surface area (Å²) in [6.45, 7) is 6.58. The zero-order valence-electron chi connectivity index (χ0n) is 17.6. The van der Waals surface area contributed by atoms with Gasteiger partial charge in [-0.25, -0.2) is 4.98 Å². The Bertz CT molecular complexity index is 1060. The highest BCUT2D eigenvalue weighted by Crippen LogP contribution is 2.23. The lowest BCUT2D eigenvalue weighted by Gasteiger charge is -2.15. The number of fused-ring (bicyclic) bond motifs is 1. The van der Waals surface area contributed by atoms with Crippen LogP contribution >= 0.6 is 11.8 Å². The molecule has 1 aromatic heterocycles. The molecule has 1 amide bonds. The molecule has 0 saturated carbocycles. The fourth-order valence-corrected chi connectivity index (χ4v) is 4.07. The normalized spacial score (nSPS) is 12.0. The number of benzene rings is 2. The fourth-order valence-electron chi connectivity index (χ4n) is 3.25. The van der Waals surface area contributed by atoms with E-state index in [4.69, 9.17) is 4.74 Å². The lowest BCUT2D eigenvalue weighted by atomic mass is 10.2. The lowest BCUT2D eigenvalue weighted by Crippen LogP contribution is -2.34. The maximum atomic E-state index is 13.2. The molecule has 0 bridgehead atoms. The number of amides is 1. The van der Waals surface area contributed by atoms with Gasteiger partial charge < -0.3 is 10.1 Å². The van der Waals surface area contributed by atoms with Crippen LogP contribution in [0.15, 0.2) is 58.5 Å². The molecule has 1 N–H and O–H groups in total. The molecule has 0 aliphatic carbocycles. The number of carbonyl (C=O) groups excluding carboxylic acids is 1. The third kappa shape index (κ3) is 5.21. The largest absolute Gasteiger partial charge is 0.494 e. The maximum Gasteiger partial charge on any atom is 0.266 e. The van der Waals surface area contributed by atoms with E-state index < -0.39 is 0 Å². The highest BCUT2D eigenvalue weighted by molar-refractivity contribution is 7.99. The van der Waals surface area contributed by atoms with Crippen molar-refractivity contribution < 1.29 is 9.53 Å². The van der Waals surface area contributed by atoms with Crippen molar-refractivity contribution in [1.29, 1.82) is 0 Å². The monoisotopic (exact) mass is 425 g/mol. The smallest absolute Gasteiger partial charge is 0.266 e. The van der Waals surface area contributed by atoms with Crippen molar-refractivity contribution in [2.45, 2.75) is 44.8 Å². The van der Waals surface area contributed by atoms with Crippen LogP contribution in [0.5, 0.6) is 5.75 Å². The number of hydrogen-bond acceptors (Lipinski definition) is 5. The highest BCUT2D eigenvalue weighted by atomic mass is 32.2. The Balaban J connectivity index is 1.95. The molecule has 0 unspecified atom stereocenters. The molecule has 1 heterocycles. The molecule has 0 fully saturated rings. The summed E-state index contributed by atoms with van der Waals surface area (Å²) in [7, 11) is 0. The van der Waals surface area contributed by atoms with Crippen LogP contribution in [0.2, 0.25) is 0 Å². The summed E-state index contributed by atoms with van der Waals surface area (Å²) >= 11 is 1.26. The van der Waals surface area contributed by atoms with Gasteiger partial charge in [0.1, 0.15) is 5.75 Å². The standard InChI is InChI=1S/C23H27N3O3S/c1-4-8-16(3)24-21(27)15-30-23-25-20-10-7-6-9-19(20)22(28)26(23)17-11-13-18(14-12-17)29-5-2/h6-7,9-14,16H,4-5,8,15H2,1-3H3,(H,24,27)/t16-/m0/s1. The van der Waals surface area contributed by atoms with Crippen LogP contribution in [-0.4, -0.2) is 33.9 Å². The summed E-state index contributed by atoms with van der Waals surface area (Å²) in [5, 5.41) is 4.02. The van der Waals surface area contributed by atoms with E-state index in [0.29, 0.717) is 28.4 Å². The summed E-state index contributed by atoms with van der Waals surface area (Å²) in [5.74, 6) is 0.860. The number of hydrogen-bond donors (Lipinski definition) is 1. The zero-order chi connectivity index (χ0) is 21.5. The van der Waals surface area contributed by atoms with Crippen LogP contribution in [0, 0.1) is 0 Å². The molecular formula is C23H27N3O3S. The lowest BCUT2D eigenvalue weighted by molar-refractivity contribution is -0.119. The Morgan fingerprint density at radius 3 is 2.60 bits per heavy atom. The Hall–Kier alpha value is -2.80. The van der Waals surface area contributed by atoms with Gasteiger partial charge in [0.05, 0.1) is 29.0 Å². The predicted octanol–water partition coefficient (Wildman–Crippen LogP) is 4.18. The Morgan fingerprint density at radius 2 is 1.90 bits per heavy atom. The minimum atomic E-state index is -0.160. The molecule has 3 rings (SSSR count). The SMILES string of the molecule is CCC[C@H](C)NC(=O)CSc1nc2ccccc2c(=O)n1-c1ccc(OCC)cc1. The number of thioether (sulfide) groups is 1. The number of carbonyl (C=O) groups is 1. The van der Waals surface area contributed by atoms with Gasteiger partial charge in [-0.15, -0.1) is 0 Å². The van der Waals surface area contributed by atoms with Crippen molar-refractivity contribution in [3.8, 4) is 11.4 Å². The summed E-state index contributed by atoms with van der Waals surface area (Å²) in [6.07, 6.45) is 1.94. The van der Waals surface area contributed by atoms with E-state index in [-0.39, 0.29) is 23.3 Å². The van der Waals surface area contributed by atoms with Crippen LogP contribution in [-0.2, 0) is 4.79 Å². The molecule has 0 saturated heterocycles. The molecule has 3 aromatic rings. The summed E-state index contributed by atoms with van der Waals surface area (Å²) in [5.41, 5.74) is 1.14. The van der Waals surface area contributed by atoms with Gasteiger partial charge in [0.25, 0.3) is 5.56 Å². The molecule has 0 spiro atoms. The minimum Gasteiger partial charge on any atom is -0.494 e. The van der Waals surface area contributed by atoms with Crippen LogP contribution in [0.4, 0.5) is 0 Å². The number of rotatable bonds is 9. The first-order valence-corrected chi connectivity index (χ1v) is 11.2. The van der Waals surface area contributed by atoms with E-state index in [2.05, 4.69) is 17.2 Å². The summed E-state index contributed by atoms with van der Waals surface area (Å²) < 4.78 is 7.06. The minimum absolute atomic E-state index is 0.0680. The van der Waals surface area contributed by atoms with Gasteiger partial charge in [0.2, 0.25) is 5.91 Å². The van der Waals surface area contributed by atoms with Crippen molar-refractivity contribution in [2.75, 3.05) is 12.4 Å². The second-order valence-corrected chi connectivity index (χ2v) is 7.97. The molecule has 30 heavy (non-hydrogen) atoms. The first kappa shape index (κ1) is 21.9. The van der Waals surface area contributed by atoms with Crippen molar-refractivity contribution >= 4 is 28.6 Å². The maximum absolute atomic E-state index is 13.2. The van der Waals surface area contributed by atoms with Crippen LogP contribution in [0.1, 0.15) is 33.6 Å². The average Bonchev–Trinajstić information content (AvgIpc) is 2.73. The average molecular weight is 426 g/mol.